The number of hydrogen-bond donors (Lipinski definition) is 1. The Hall–Kier alpha value is -1.60. The summed E-state index contributed by atoms with van der Waals surface area (Å²) in [4.78, 5) is 16.6. The summed E-state index contributed by atoms with van der Waals surface area (Å²) in [7, 11) is 2.17. The third-order valence-corrected chi connectivity index (χ3v) is 5.86. The van der Waals surface area contributed by atoms with Crippen LogP contribution in [0.5, 0.6) is 0 Å². The number of thiazole rings is 1. The van der Waals surface area contributed by atoms with E-state index in [-0.39, 0.29) is 0 Å². The van der Waals surface area contributed by atoms with Gasteiger partial charge in [0, 0.05) is 39.3 Å². The highest BCUT2D eigenvalue weighted by atomic mass is 32.1. The second-order valence-electron chi connectivity index (χ2n) is 6.56. The lowest BCUT2D eigenvalue weighted by atomic mass is 10.1. The normalized spacial score (nSPS) is 20.4. The van der Waals surface area contributed by atoms with Crippen LogP contribution in [-0.4, -0.2) is 61.2 Å². The van der Waals surface area contributed by atoms with Crippen molar-refractivity contribution in [2.75, 3.05) is 61.8 Å². The molecule has 2 fully saturated rings. The van der Waals surface area contributed by atoms with Gasteiger partial charge in [-0.1, -0.05) is 11.3 Å². The molecule has 4 rings (SSSR count). The Kier molecular flexibility index (Phi) is 3.98. The van der Waals surface area contributed by atoms with E-state index in [0.717, 1.165) is 66.3 Å². The van der Waals surface area contributed by atoms with E-state index in [1.54, 1.807) is 11.3 Å². The number of likely N-dealkylation sites (N-methyl/N-ethyl adjacent to an activating group) is 1. The zero-order valence-electron chi connectivity index (χ0n) is 13.7. The minimum absolute atomic E-state index is 0.785. The van der Waals surface area contributed by atoms with Crippen LogP contribution in [0.15, 0.2) is 6.07 Å². The van der Waals surface area contributed by atoms with Gasteiger partial charge >= 0.3 is 0 Å². The molecule has 2 aliphatic heterocycles. The predicted octanol–water partition coefficient (Wildman–Crippen LogP) is 2.02. The summed E-state index contributed by atoms with van der Waals surface area (Å²) < 4.78 is 1.09. The third kappa shape index (κ3) is 2.95. The van der Waals surface area contributed by atoms with E-state index in [4.69, 9.17) is 15.7 Å². The number of nitrogens with zero attached hydrogens (tertiary/aromatic N) is 5. The molecule has 4 heterocycles. The van der Waals surface area contributed by atoms with Crippen molar-refractivity contribution in [1.29, 1.82) is 0 Å². The van der Waals surface area contributed by atoms with Crippen LogP contribution in [0.3, 0.4) is 0 Å². The Morgan fingerprint density at radius 1 is 0.957 bits per heavy atom. The summed E-state index contributed by atoms with van der Waals surface area (Å²) in [6, 6.07) is 2.06. The maximum Gasteiger partial charge on any atom is 0.188 e. The first kappa shape index (κ1) is 15.0. The molecule has 0 unspecified atom stereocenters. The zero-order chi connectivity index (χ0) is 15.8. The molecule has 0 amide bonds. The fraction of sp³-hybridized carbons (Fsp3) is 0.625. The van der Waals surface area contributed by atoms with E-state index < -0.39 is 0 Å². The summed E-state index contributed by atoms with van der Waals surface area (Å²) in [5, 5.41) is 1.08. The summed E-state index contributed by atoms with van der Waals surface area (Å²) in [6.45, 7) is 6.35. The Morgan fingerprint density at radius 3 is 2.43 bits per heavy atom. The Bertz CT molecular complexity index is 685. The number of nitrogens with two attached hydrogens (primary N) is 1. The molecule has 6 nitrogen and oxygen atoms in total. The van der Waals surface area contributed by atoms with E-state index >= 15 is 0 Å². The van der Waals surface area contributed by atoms with E-state index in [9.17, 15) is 0 Å². The zero-order valence-corrected chi connectivity index (χ0v) is 14.5. The molecule has 0 atom stereocenters. The standard InChI is InChI=1S/C16H24N6S/c1-20-7-9-22(10-8-20)16-19-14-13(23-16)11-12(17)15(18-14)21-5-3-2-4-6-21/h11H,2-10,17H2,1H3. The van der Waals surface area contributed by atoms with E-state index in [1.807, 2.05) is 0 Å². The summed E-state index contributed by atoms with van der Waals surface area (Å²) >= 11 is 1.71. The number of rotatable bonds is 2. The fourth-order valence-corrected chi connectivity index (χ4v) is 4.36. The maximum atomic E-state index is 6.28. The van der Waals surface area contributed by atoms with Crippen LogP contribution < -0.4 is 15.5 Å². The van der Waals surface area contributed by atoms with Gasteiger partial charge in [-0.15, -0.1) is 0 Å². The molecular weight excluding hydrogens is 308 g/mol. The number of nitrogen functional groups attached to an aromatic ring is 1. The van der Waals surface area contributed by atoms with Crippen LogP contribution in [0.2, 0.25) is 0 Å². The molecule has 0 radical (unpaired) electrons. The van der Waals surface area contributed by atoms with Gasteiger partial charge in [0.1, 0.15) is 0 Å². The van der Waals surface area contributed by atoms with Gasteiger partial charge < -0.3 is 20.4 Å². The second-order valence-corrected chi connectivity index (χ2v) is 7.57. The number of anilines is 3. The first-order valence-electron chi connectivity index (χ1n) is 8.46. The lowest BCUT2D eigenvalue weighted by Gasteiger charge is -2.31. The minimum Gasteiger partial charge on any atom is -0.396 e. The van der Waals surface area contributed by atoms with Gasteiger partial charge in [-0.05, 0) is 32.4 Å². The van der Waals surface area contributed by atoms with E-state index in [1.165, 1.54) is 19.3 Å². The summed E-state index contributed by atoms with van der Waals surface area (Å²) in [5.41, 5.74) is 7.91. The van der Waals surface area contributed by atoms with Gasteiger partial charge in [-0.25, -0.2) is 4.98 Å². The summed E-state index contributed by atoms with van der Waals surface area (Å²) in [6.07, 6.45) is 3.76. The topological polar surface area (TPSA) is 61.5 Å². The average molecular weight is 332 g/mol. The van der Waals surface area contributed by atoms with Crippen molar-refractivity contribution >= 4 is 38.3 Å². The van der Waals surface area contributed by atoms with Gasteiger partial charge in [0.15, 0.2) is 16.6 Å². The summed E-state index contributed by atoms with van der Waals surface area (Å²) in [5.74, 6) is 0.924. The van der Waals surface area contributed by atoms with Crippen LogP contribution >= 0.6 is 11.3 Å². The highest BCUT2D eigenvalue weighted by Crippen LogP contribution is 2.33. The van der Waals surface area contributed by atoms with Crippen LogP contribution in [0.25, 0.3) is 10.3 Å². The van der Waals surface area contributed by atoms with Gasteiger partial charge in [0.2, 0.25) is 0 Å². The molecule has 124 valence electrons. The van der Waals surface area contributed by atoms with Gasteiger partial charge in [0.05, 0.1) is 10.4 Å². The molecule has 23 heavy (non-hydrogen) atoms. The van der Waals surface area contributed by atoms with Crippen molar-refractivity contribution in [1.82, 2.24) is 14.9 Å². The highest BCUT2D eigenvalue weighted by Gasteiger charge is 2.20. The Balaban J connectivity index is 1.63. The number of piperidine rings is 1. The molecule has 0 bridgehead atoms. The minimum atomic E-state index is 0.785. The molecule has 2 saturated heterocycles. The van der Waals surface area contributed by atoms with Crippen molar-refractivity contribution in [2.45, 2.75) is 19.3 Å². The Labute approximate surface area is 140 Å². The van der Waals surface area contributed by atoms with E-state index in [0.29, 0.717) is 0 Å². The average Bonchev–Trinajstić information content (AvgIpc) is 2.98. The van der Waals surface area contributed by atoms with Crippen molar-refractivity contribution in [3.8, 4) is 0 Å². The quantitative estimate of drug-likeness (QED) is 0.908. The number of aromatic nitrogens is 2. The SMILES string of the molecule is CN1CCN(c2nc3nc(N4CCCCC4)c(N)cc3s2)CC1. The fourth-order valence-electron chi connectivity index (χ4n) is 3.35. The molecule has 2 aromatic rings. The van der Waals surface area contributed by atoms with Gasteiger partial charge in [0.25, 0.3) is 0 Å². The predicted molar refractivity (Wildman–Crippen MR) is 97.6 cm³/mol. The molecule has 7 heteroatoms. The van der Waals surface area contributed by atoms with Crippen LogP contribution in [0.4, 0.5) is 16.6 Å². The first-order chi connectivity index (χ1) is 11.2. The molecule has 2 N–H and O–H groups in total. The third-order valence-electron chi connectivity index (χ3n) is 4.81. The van der Waals surface area contributed by atoms with Crippen LogP contribution in [0, 0.1) is 0 Å². The number of pyridine rings is 1. The van der Waals surface area contributed by atoms with Crippen molar-refractivity contribution < 1.29 is 0 Å². The highest BCUT2D eigenvalue weighted by molar-refractivity contribution is 7.22. The molecule has 2 aliphatic rings. The first-order valence-corrected chi connectivity index (χ1v) is 9.28. The molecular formula is C16H24N6S. The number of hydrogen-bond acceptors (Lipinski definition) is 7. The Morgan fingerprint density at radius 2 is 1.70 bits per heavy atom. The van der Waals surface area contributed by atoms with Gasteiger partial charge in [-0.2, -0.15) is 4.98 Å². The number of fused-ring (bicyclic) bond motifs is 1. The van der Waals surface area contributed by atoms with Crippen LogP contribution in [-0.2, 0) is 0 Å². The lowest BCUT2D eigenvalue weighted by molar-refractivity contribution is 0.313. The van der Waals surface area contributed by atoms with E-state index in [2.05, 4.69) is 27.8 Å². The molecule has 0 saturated carbocycles. The second kappa shape index (κ2) is 6.13. The van der Waals surface area contributed by atoms with Crippen molar-refractivity contribution in [3.05, 3.63) is 6.07 Å². The van der Waals surface area contributed by atoms with Crippen LogP contribution in [0.1, 0.15) is 19.3 Å². The molecule has 0 spiro atoms. The molecule has 0 aliphatic carbocycles. The maximum absolute atomic E-state index is 6.28. The smallest absolute Gasteiger partial charge is 0.188 e. The largest absolute Gasteiger partial charge is 0.396 e. The van der Waals surface area contributed by atoms with Crippen molar-refractivity contribution in [3.63, 3.8) is 0 Å². The van der Waals surface area contributed by atoms with Crippen molar-refractivity contribution in [2.24, 2.45) is 0 Å². The monoisotopic (exact) mass is 332 g/mol. The molecule has 2 aromatic heterocycles. The lowest BCUT2D eigenvalue weighted by Crippen LogP contribution is -2.44. The molecule has 0 aromatic carbocycles. The number of piperazine rings is 1. The van der Waals surface area contributed by atoms with Gasteiger partial charge in [-0.3, -0.25) is 0 Å².